The Morgan fingerprint density at radius 3 is 2.00 bits per heavy atom. The molecule has 2 aromatic carbocycles. The smallest absolute Gasteiger partial charge is 0.331 e. The van der Waals surface area contributed by atoms with E-state index in [1.54, 1.807) is 19.1 Å². The minimum Gasteiger partial charge on any atom is -0.467 e. The fraction of sp³-hybridized carbons (Fsp3) is 0.238. The van der Waals surface area contributed by atoms with Gasteiger partial charge in [-0.25, -0.2) is 4.79 Å². The third-order valence-electron chi connectivity index (χ3n) is 5.35. The third kappa shape index (κ3) is 2.43. The van der Waals surface area contributed by atoms with Crippen LogP contribution in [0.25, 0.3) is 0 Å². The number of amides is 3. The van der Waals surface area contributed by atoms with Gasteiger partial charge in [-0.1, -0.05) is 42.5 Å². The zero-order valence-electron chi connectivity index (χ0n) is 15.4. The highest BCUT2D eigenvalue weighted by molar-refractivity contribution is 6.24. The first-order valence-electron chi connectivity index (χ1n) is 8.89. The van der Waals surface area contributed by atoms with Crippen molar-refractivity contribution in [2.45, 2.75) is 25.0 Å². The molecule has 28 heavy (non-hydrogen) atoms. The Bertz CT molecular complexity index is 952. The third-order valence-corrected chi connectivity index (χ3v) is 5.35. The predicted octanol–water partition coefficient (Wildman–Crippen LogP) is 1.80. The monoisotopic (exact) mass is 378 g/mol. The summed E-state index contributed by atoms with van der Waals surface area (Å²) in [5.41, 5.74) is 1.31. The van der Waals surface area contributed by atoms with Gasteiger partial charge in [0.15, 0.2) is 12.1 Å². The Balaban J connectivity index is 1.69. The molecule has 0 bridgehead atoms. The summed E-state index contributed by atoms with van der Waals surface area (Å²) in [5.74, 6) is -2.26. The number of carbonyl (C=O) groups excluding carboxylic acids is 4. The molecule has 3 atom stereocenters. The van der Waals surface area contributed by atoms with Crippen LogP contribution in [-0.2, 0) is 14.3 Å². The van der Waals surface area contributed by atoms with E-state index in [0.29, 0.717) is 0 Å². The number of nitrogens with zero attached hydrogens (tertiary/aromatic N) is 2. The van der Waals surface area contributed by atoms with Gasteiger partial charge in [0.1, 0.15) is 0 Å². The van der Waals surface area contributed by atoms with E-state index in [2.05, 4.69) is 0 Å². The van der Waals surface area contributed by atoms with Crippen LogP contribution in [0, 0.1) is 0 Å². The van der Waals surface area contributed by atoms with Crippen molar-refractivity contribution in [3.63, 3.8) is 0 Å². The molecule has 2 aliphatic heterocycles. The van der Waals surface area contributed by atoms with Crippen molar-refractivity contribution in [2.75, 3.05) is 7.11 Å². The van der Waals surface area contributed by atoms with E-state index in [4.69, 9.17) is 4.74 Å². The maximum Gasteiger partial charge on any atom is 0.331 e. The van der Waals surface area contributed by atoms with Gasteiger partial charge in [0, 0.05) is 0 Å². The number of fused-ring (bicyclic) bond motifs is 1. The van der Waals surface area contributed by atoms with Gasteiger partial charge in [-0.15, -0.1) is 0 Å². The number of likely N-dealkylation sites (tertiary alicyclic amines) is 1. The molecule has 0 spiro atoms. The Labute approximate surface area is 161 Å². The van der Waals surface area contributed by atoms with Crippen LogP contribution in [0.1, 0.15) is 39.2 Å². The van der Waals surface area contributed by atoms with Gasteiger partial charge >= 0.3 is 5.97 Å². The first-order chi connectivity index (χ1) is 13.5. The fourth-order valence-electron chi connectivity index (χ4n) is 3.89. The van der Waals surface area contributed by atoms with Crippen molar-refractivity contribution in [1.82, 2.24) is 9.80 Å². The summed E-state index contributed by atoms with van der Waals surface area (Å²) in [7, 11) is 1.22. The van der Waals surface area contributed by atoms with Crippen LogP contribution in [-0.4, -0.2) is 52.7 Å². The van der Waals surface area contributed by atoms with Gasteiger partial charge in [0.25, 0.3) is 11.8 Å². The van der Waals surface area contributed by atoms with Crippen molar-refractivity contribution < 1.29 is 23.9 Å². The highest BCUT2D eigenvalue weighted by Crippen LogP contribution is 2.38. The maximum absolute atomic E-state index is 13.0. The average molecular weight is 378 g/mol. The minimum absolute atomic E-state index is 0.235. The molecule has 3 amide bonds. The molecule has 0 aromatic heterocycles. The number of carbonyl (C=O) groups is 4. The van der Waals surface area contributed by atoms with Crippen LogP contribution in [0.4, 0.5) is 0 Å². The Morgan fingerprint density at radius 2 is 1.46 bits per heavy atom. The van der Waals surface area contributed by atoms with E-state index in [0.717, 1.165) is 10.5 Å². The quantitative estimate of drug-likeness (QED) is 0.460. The zero-order chi connectivity index (χ0) is 20.0. The van der Waals surface area contributed by atoms with Crippen LogP contribution < -0.4 is 0 Å². The normalized spacial score (nSPS) is 22.0. The highest BCUT2D eigenvalue weighted by Gasteiger charge is 2.60. The maximum atomic E-state index is 13.0. The first-order valence-corrected chi connectivity index (χ1v) is 8.89. The number of hydrogen-bond donors (Lipinski definition) is 0. The molecule has 1 saturated heterocycles. The van der Waals surface area contributed by atoms with E-state index >= 15 is 0 Å². The summed E-state index contributed by atoms with van der Waals surface area (Å²) in [5, 5.41) is 0. The van der Waals surface area contributed by atoms with Crippen LogP contribution >= 0.6 is 0 Å². The second-order valence-corrected chi connectivity index (χ2v) is 6.77. The van der Waals surface area contributed by atoms with Crippen LogP contribution in [0.15, 0.2) is 54.6 Å². The number of benzene rings is 2. The van der Waals surface area contributed by atoms with Gasteiger partial charge in [-0.3, -0.25) is 19.3 Å². The van der Waals surface area contributed by atoms with Crippen molar-refractivity contribution in [3.05, 3.63) is 71.3 Å². The lowest BCUT2D eigenvalue weighted by atomic mass is 9.89. The summed E-state index contributed by atoms with van der Waals surface area (Å²) in [4.78, 5) is 53.3. The Morgan fingerprint density at radius 1 is 0.929 bits per heavy atom. The van der Waals surface area contributed by atoms with Gasteiger partial charge in [-0.2, -0.15) is 0 Å². The van der Waals surface area contributed by atoms with Gasteiger partial charge in [-0.05, 0) is 24.6 Å². The average Bonchev–Trinajstić information content (AvgIpc) is 2.97. The van der Waals surface area contributed by atoms with Crippen LogP contribution in [0.2, 0.25) is 0 Å². The molecular formula is C21H18N2O5. The molecule has 4 rings (SSSR count). The lowest BCUT2D eigenvalue weighted by Gasteiger charge is -2.50. The van der Waals surface area contributed by atoms with Crippen molar-refractivity contribution in [1.29, 1.82) is 0 Å². The molecule has 0 N–H and O–H groups in total. The van der Waals surface area contributed by atoms with E-state index in [1.165, 1.54) is 24.1 Å². The summed E-state index contributed by atoms with van der Waals surface area (Å²) < 4.78 is 4.87. The minimum atomic E-state index is -1.20. The van der Waals surface area contributed by atoms with Crippen molar-refractivity contribution in [3.8, 4) is 0 Å². The van der Waals surface area contributed by atoms with Crippen molar-refractivity contribution >= 4 is 23.7 Å². The molecule has 2 aliphatic rings. The molecule has 2 aromatic rings. The van der Waals surface area contributed by atoms with E-state index in [9.17, 15) is 19.2 Å². The summed E-state index contributed by atoms with van der Waals surface area (Å²) in [6.45, 7) is 1.79. The number of β-lactam (4-membered cyclic amide) rings is 1. The van der Waals surface area contributed by atoms with Gasteiger partial charge < -0.3 is 9.64 Å². The second-order valence-electron chi connectivity index (χ2n) is 6.77. The summed E-state index contributed by atoms with van der Waals surface area (Å²) in [6, 6.07) is 12.9. The summed E-state index contributed by atoms with van der Waals surface area (Å²) in [6.07, 6.45) is 0. The molecule has 142 valence electrons. The molecule has 2 heterocycles. The molecule has 7 heteroatoms. The standard InChI is InChI=1S/C21H18N2O5/c1-12(13-8-4-3-5-9-13)22-17(21(27)28-2)16(20(22)26)23-18(24)14-10-6-7-11-15(14)19(23)25/h3-12,16-17H,1-2H3/t12?,16-,17-/m1/s1. The Kier molecular flexibility index (Phi) is 4.22. The highest BCUT2D eigenvalue weighted by atomic mass is 16.5. The Hall–Kier alpha value is -3.48. The summed E-state index contributed by atoms with van der Waals surface area (Å²) >= 11 is 0. The second kappa shape index (κ2) is 6.60. The fourth-order valence-corrected chi connectivity index (χ4v) is 3.89. The van der Waals surface area contributed by atoms with E-state index < -0.39 is 41.8 Å². The van der Waals surface area contributed by atoms with Crippen LogP contribution in [0.5, 0.6) is 0 Å². The number of hydrogen-bond acceptors (Lipinski definition) is 5. The van der Waals surface area contributed by atoms with E-state index in [1.807, 2.05) is 30.3 Å². The van der Waals surface area contributed by atoms with Crippen LogP contribution in [0.3, 0.4) is 0 Å². The molecule has 7 nitrogen and oxygen atoms in total. The number of esters is 1. The number of rotatable bonds is 4. The largest absolute Gasteiger partial charge is 0.467 e. The topological polar surface area (TPSA) is 84.0 Å². The molecule has 1 fully saturated rings. The zero-order valence-corrected chi connectivity index (χ0v) is 15.4. The number of methoxy groups -OCH3 is 1. The molecule has 0 aliphatic carbocycles. The molecular weight excluding hydrogens is 360 g/mol. The number of ether oxygens (including phenoxy) is 1. The van der Waals surface area contributed by atoms with E-state index in [-0.39, 0.29) is 11.1 Å². The molecule has 1 unspecified atom stereocenters. The number of imide groups is 1. The SMILES string of the molecule is COC(=O)[C@H]1[C@@H](N2C(=O)c3ccccc3C2=O)C(=O)N1C(C)c1ccccc1. The predicted molar refractivity (Wildman–Crippen MR) is 98.2 cm³/mol. The molecule has 0 saturated carbocycles. The van der Waals surface area contributed by atoms with Crippen molar-refractivity contribution in [2.24, 2.45) is 0 Å². The van der Waals surface area contributed by atoms with Gasteiger partial charge in [0.2, 0.25) is 5.91 Å². The first kappa shape index (κ1) is 17.9. The lowest BCUT2D eigenvalue weighted by molar-refractivity contribution is -0.175. The molecule has 0 radical (unpaired) electrons. The lowest BCUT2D eigenvalue weighted by Crippen LogP contribution is -2.74. The van der Waals surface area contributed by atoms with Gasteiger partial charge in [0.05, 0.1) is 24.3 Å².